The third-order valence-electron chi connectivity index (χ3n) is 3.41. The number of halogens is 4. The van der Waals surface area contributed by atoms with Crippen molar-refractivity contribution >= 4 is 33.2 Å². The Bertz CT molecular complexity index is 891. The molecule has 3 N–H and O–H groups in total. The highest BCUT2D eigenvalue weighted by molar-refractivity contribution is 7.19. The fourth-order valence-electron chi connectivity index (χ4n) is 2.21. The van der Waals surface area contributed by atoms with Crippen molar-refractivity contribution in [1.29, 1.82) is 0 Å². The summed E-state index contributed by atoms with van der Waals surface area (Å²) in [5, 5.41) is 3.64. The van der Waals surface area contributed by atoms with Crippen LogP contribution >= 0.6 is 11.3 Å². The molecular formula is C15H12F4N4S. The van der Waals surface area contributed by atoms with Gasteiger partial charge >= 0.3 is 6.18 Å². The number of nitrogens with one attached hydrogen (secondary N) is 1. The summed E-state index contributed by atoms with van der Waals surface area (Å²) in [5.74, 6) is -0.980. The first-order chi connectivity index (χ1) is 11.3. The third kappa shape index (κ3) is 3.12. The lowest BCUT2D eigenvalue weighted by Crippen LogP contribution is -2.14. The van der Waals surface area contributed by atoms with Gasteiger partial charge in [-0.05, 0) is 24.4 Å². The summed E-state index contributed by atoms with van der Waals surface area (Å²) >= 11 is 1.26. The lowest BCUT2D eigenvalue weighted by atomic mass is 10.2. The summed E-state index contributed by atoms with van der Waals surface area (Å²) in [6.45, 7) is 1.78. The Morgan fingerprint density at radius 1 is 1.29 bits per heavy atom. The van der Waals surface area contributed by atoms with Gasteiger partial charge in [0.15, 0.2) is 0 Å². The van der Waals surface area contributed by atoms with Gasteiger partial charge in [-0.15, -0.1) is 11.3 Å². The topological polar surface area (TPSA) is 63.8 Å². The number of hydrogen-bond acceptors (Lipinski definition) is 5. The molecule has 126 valence electrons. The number of nitrogens with two attached hydrogens (primary N) is 1. The van der Waals surface area contributed by atoms with Crippen molar-refractivity contribution in [1.82, 2.24) is 9.97 Å². The van der Waals surface area contributed by atoms with Crippen LogP contribution in [-0.2, 0) is 6.18 Å². The van der Waals surface area contributed by atoms with E-state index in [0.29, 0.717) is 10.9 Å². The molecule has 24 heavy (non-hydrogen) atoms. The average Bonchev–Trinajstić information content (AvgIpc) is 2.91. The standard InChI is InChI=1S/C15H12F4N4S/c1-7(11-5-8-3-2-4-10(16)12(8)24-11)22-14-21-6-9(13(20)23-14)15(17,18)19/h2-7H,1H3,(H3,20,21,22,23)/t7-/m1/s1. The van der Waals surface area contributed by atoms with E-state index < -0.39 is 17.6 Å². The van der Waals surface area contributed by atoms with Gasteiger partial charge < -0.3 is 11.1 Å². The number of fused-ring (bicyclic) bond motifs is 1. The second kappa shape index (κ2) is 5.90. The summed E-state index contributed by atoms with van der Waals surface area (Å²) < 4.78 is 52.2. The van der Waals surface area contributed by atoms with Crippen LogP contribution in [0, 0.1) is 5.82 Å². The number of nitrogen functional groups attached to an aromatic ring is 1. The molecule has 0 unspecified atom stereocenters. The minimum absolute atomic E-state index is 0.0223. The maximum absolute atomic E-state index is 13.7. The Hall–Kier alpha value is -2.42. The molecule has 1 atom stereocenters. The zero-order valence-corrected chi connectivity index (χ0v) is 13.2. The number of aromatic nitrogens is 2. The molecule has 0 saturated heterocycles. The zero-order chi connectivity index (χ0) is 17.5. The molecule has 3 rings (SSSR count). The van der Waals surface area contributed by atoms with Crippen LogP contribution in [0.2, 0.25) is 0 Å². The molecule has 0 aliphatic rings. The minimum atomic E-state index is -4.60. The summed E-state index contributed by atoms with van der Waals surface area (Å²) in [7, 11) is 0. The highest BCUT2D eigenvalue weighted by Crippen LogP contribution is 2.34. The van der Waals surface area contributed by atoms with Crippen molar-refractivity contribution in [3.63, 3.8) is 0 Å². The van der Waals surface area contributed by atoms with Gasteiger partial charge in [0, 0.05) is 11.1 Å². The molecule has 0 spiro atoms. The molecule has 2 heterocycles. The molecule has 0 amide bonds. The van der Waals surface area contributed by atoms with E-state index in [-0.39, 0.29) is 17.8 Å². The van der Waals surface area contributed by atoms with Crippen LogP contribution < -0.4 is 11.1 Å². The monoisotopic (exact) mass is 356 g/mol. The van der Waals surface area contributed by atoms with Gasteiger partial charge in [-0.25, -0.2) is 9.37 Å². The Balaban J connectivity index is 1.85. The summed E-state index contributed by atoms with van der Waals surface area (Å²) in [5.41, 5.74) is 4.27. The van der Waals surface area contributed by atoms with Gasteiger partial charge in [-0.3, -0.25) is 0 Å². The predicted molar refractivity (Wildman–Crippen MR) is 85.3 cm³/mol. The minimum Gasteiger partial charge on any atom is -0.383 e. The van der Waals surface area contributed by atoms with Crippen molar-refractivity contribution < 1.29 is 17.6 Å². The van der Waals surface area contributed by atoms with E-state index in [1.165, 1.54) is 17.4 Å². The SMILES string of the molecule is C[C@@H](Nc1ncc(C(F)(F)F)c(N)n1)c1cc2cccc(F)c2s1. The van der Waals surface area contributed by atoms with E-state index >= 15 is 0 Å². The van der Waals surface area contributed by atoms with Crippen LogP contribution in [0.25, 0.3) is 10.1 Å². The highest BCUT2D eigenvalue weighted by atomic mass is 32.1. The Morgan fingerprint density at radius 2 is 2.04 bits per heavy atom. The second-order valence-corrected chi connectivity index (χ2v) is 6.25. The molecule has 2 aromatic heterocycles. The number of anilines is 2. The molecule has 3 aromatic rings. The molecule has 9 heteroatoms. The third-order valence-corrected chi connectivity index (χ3v) is 4.75. The van der Waals surface area contributed by atoms with Crippen LogP contribution in [0.4, 0.5) is 29.3 Å². The Labute approximate surface area is 138 Å². The van der Waals surface area contributed by atoms with Gasteiger partial charge in [-0.1, -0.05) is 12.1 Å². The van der Waals surface area contributed by atoms with E-state index in [0.717, 1.165) is 10.3 Å². The van der Waals surface area contributed by atoms with Crippen LogP contribution in [0.15, 0.2) is 30.5 Å². The molecule has 0 fully saturated rings. The lowest BCUT2D eigenvalue weighted by Gasteiger charge is -2.14. The normalized spacial score (nSPS) is 13.2. The van der Waals surface area contributed by atoms with Crippen molar-refractivity contribution in [2.75, 3.05) is 11.1 Å². The van der Waals surface area contributed by atoms with E-state index in [4.69, 9.17) is 5.73 Å². The number of hydrogen-bond donors (Lipinski definition) is 2. The maximum atomic E-state index is 13.7. The fraction of sp³-hybridized carbons (Fsp3) is 0.200. The molecule has 0 aliphatic heterocycles. The fourth-order valence-corrected chi connectivity index (χ4v) is 3.28. The summed E-state index contributed by atoms with van der Waals surface area (Å²) in [6, 6.07) is 6.27. The number of rotatable bonds is 3. The molecular weight excluding hydrogens is 344 g/mol. The largest absolute Gasteiger partial charge is 0.421 e. The molecule has 4 nitrogen and oxygen atoms in total. The molecule has 0 saturated carbocycles. The highest BCUT2D eigenvalue weighted by Gasteiger charge is 2.34. The van der Waals surface area contributed by atoms with Crippen LogP contribution in [0.3, 0.4) is 0 Å². The van der Waals surface area contributed by atoms with E-state index in [9.17, 15) is 17.6 Å². The second-order valence-electron chi connectivity index (χ2n) is 5.16. The summed E-state index contributed by atoms with van der Waals surface area (Å²) in [6.07, 6.45) is -3.96. The molecule has 0 aliphatic carbocycles. The van der Waals surface area contributed by atoms with Crippen molar-refractivity contribution in [2.45, 2.75) is 19.1 Å². The zero-order valence-electron chi connectivity index (χ0n) is 12.4. The van der Waals surface area contributed by atoms with Crippen LogP contribution in [-0.4, -0.2) is 9.97 Å². The first-order valence-corrected chi connectivity index (χ1v) is 7.71. The quantitative estimate of drug-likeness (QED) is 0.673. The van der Waals surface area contributed by atoms with Crippen LogP contribution in [0.1, 0.15) is 23.4 Å². The van der Waals surface area contributed by atoms with Gasteiger partial charge in [0.05, 0.1) is 10.7 Å². The van der Waals surface area contributed by atoms with Gasteiger partial charge in [0.25, 0.3) is 0 Å². The van der Waals surface area contributed by atoms with Gasteiger partial charge in [0.1, 0.15) is 17.2 Å². The van der Waals surface area contributed by atoms with Crippen molar-refractivity contribution in [3.05, 3.63) is 46.7 Å². The van der Waals surface area contributed by atoms with E-state index in [1.54, 1.807) is 19.1 Å². The van der Waals surface area contributed by atoms with Crippen molar-refractivity contribution in [2.24, 2.45) is 0 Å². The van der Waals surface area contributed by atoms with E-state index in [1.807, 2.05) is 6.07 Å². The van der Waals surface area contributed by atoms with E-state index in [2.05, 4.69) is 15.3 Å². The molecule has 0 bridgehead atoms. The van der Waals surface area contributed by atoms with Gasteiger partial charge in [-0.2, -0.15) is 18.2 Å². The van der Waals surface area contributed by atoms with Crippen LogP contribution in [0.5, 0.6) is 0 Å². The Kier molecular flexibility index (Phi) is 4.04. The number of nitrogens with zero attached hydrogens (tertiary/aromatic N) is 2. The van der Waals surface area contributed by atoms with Crippen molar-refractivity contribution in [3.8, 4) is 0 Å². The molecule has 0 radical (unpaired) electrons. The number of alkyl halides is 3. The Morgan fingerprint density at radius 3 is 2.67 bits per heavy atom. The number of benzene rings is 1. The lowest BCUT2D eigenvalue weighted by molar-refractivity contribution is -0.137. The van der Waals surface area contributed by atoms with Gasteiger partial charge in [0.2, 0.25) is 5.95 Å². The first-order valence-electron chi connectivity index (χ1n) is 6.90. The predicted octanol–water partition coefficient (Wildman–Crippen LogP) is 4.60. The molecule has 1 aromatic carbocycles. The maximum Gasteiger partial charge on any atom is 0.421 e. The average molecular weight is 356 g/mol. The number of thiophene rings is 1. The summed E-state index contributed by atoms with van der Waals surface area (Å²) in [4.78, 5) is 8.10. The smallest absolute Gasteiger partial charge is 0.383 e. The first kappa shape index (κ1) is 16.4.